The van der Waals surface area contributed by atoms with E-state index in [4.69, 9.17) is 14.2 Å². The summed E-state index contributed by atoms with van der Waals surface area (Å²) in [6, 6.07) is 7.11. The van der Waals surface area contributed by atoms with Crippen molar-refractivity contribution in [1.29, 1.82) is 0 Å². The molecule has 0 atom stereocenters. The van der Waals surface area contributed by atoms with Gasteiger partial charge in [-0.05, 0) is 30.3 Å². The van der Waals surface area contributed by atoms with E-state index >= 15 is 0 Å². The van der Waals surface area contributed by atoms with Gasteiger partial charge in [0, 0.05) is 6.07 Å². The summed E-state index contributed by atoms with van der Waals surface area (Å²) in [6.45, 7) is -0.749. The lowest BCUT2D eigenvalue weighted by atomic mass is 10.1. The number of anilines is 1. The van der Waals surface area contributed by atoms with Gasteiger partial charge in [-0.25, -0.2) is 14.5 Å². The van der Waals surface area contributed by atoms with Crippen LogP contribution in [0.2, 0.25) is 0 Å². The van der Waals surface area contributed by atoms with Gasteiger partial charge in [0.2, 0.25) is 0 Å². The average molecular weight is 450 g/mol. The summed E-state index contributed by atoms with van der Waals surface area (Å²) < 4.78 is 55.6. The zero-order valence-electron chi connectivity index (χ0n) is 16.8. The van der Waals surface area contributed by atoms with Crippen LogP contribution in [-0.2, 0) is 15.7 Å². The van der Waals surface area contributed by atoms with Crippen LogP contribution < -0.4 is 14.8 Å². The number of hydrogen-bond acceptors (Lipinski definition) is 7. The summed E-state index contributed by atoms with van der Waals surface area (Å²) in [5, 5.41) is 6.17. The molecule has 0 aliphatic rings. The molecule has 0 aliphatic heterocycles. The van der Waals surface area contributed by atoms with Crippen LogP contribution in [0.1, 0.15) is 15.9 Å². The van der Waals surface area contributed by atoms with Gasteiger partial charge in [-0.2, -0.15) is 18.3 Å². The summed E-state index contributed by atoms with van der Waals surface area (Å²) in [4.78, 5) is 28.4. The van der Waals surface area contributed by atoms with Crippen molar-refractivity contribution >= 4 is 17.6 Å². The lowest BCUT2D eigenvalue weighted by molar-refractivity contribution is -0.137. The van der Waals surface area contributed by atoms with Gasteiger partial charge in [-0.3, -0.25) is 4.79 Å². The van der Waals surface area contributed by atoms with E-state index in [1.165, 1.54) is 49.8 Å². The molecule has 0 unspecified atom stereocenters. The first-order chi connectivity index (χ1) is 15.2. The van der Waals surface area contributed by atoms with Crippen LogP contribution in [0.25, 0.3) is 5.69 Å². The predicted octanol–water partition coefficient (Wildman–Crippen LogP) is 3.10. The third kappa shape index (κ3) is 5.14. The summed E-state index contributed by atoms with van der Waals surface area (Å²) in [6.07, 6.45) is -2.18. The Morgan fingerprint density at radius 3 is 2.50 bits per heavy atom. The fourth-order valence-corrected chi connectivity index (χ4v) is 2.71. The molecule has 1 amide bonds. The molecular formula is C20H17F3N4O5. The van der Waals surface area contributed by atoms with Crippen molar-refractivity contribution in [2.75, 3.05) is 26.1 Å². The van der Waals surface area contributed by atoms with Gasteiger partial charge >= 0.3 is 12.1 Å². The van der Waals surface area contributed by atoms with Crippen LogP contribution in [0.5, 0.6) is 11.5 Å². The molecule has 0 saturated carbocycles. The summed E-state index contributed by atoms with van der Waals surface area (Å²) in [7, 11) is 2.79. The molecule has 12 heteroatoms. The van der Waals surface area contributed by atoms with E-state index in [2.05, 4.69) is 15.4 Å². The maximum atomic E-state index is 13.1. The smallest absolute Gasteiger partial charge is 0.416 e. The monoisotopic (exact) mass is 450 g/mol. The quantitative estimate of drug-likeness (QED) is 0.552. The van der Waals surface area contributed by atoms with Gasteiger partial charge < -0.3 is 19.5 Å². The number of esters is 1. The highest BCUT2D eigenvalue weighted by atomic mass is 19.4. The Hall–Kier alpha value is -4.09. The van der Waals surface area contributed by atoms with Crippen LogP contribution in [0.15, 0.2) is 49.1 Å². The van der Waals surface area contributed by atoms with E-state index in [1.54, 1.807) is 0 Å². The Balaban J connectivity index is 1.75. The number of methoxy groups -OCH3 is 2. The Kier molecular flexibility index (Phi) is 6.61. The van der Waals surface area contributed by atoms with Crippen molar-refractivity contribution in [3.05, 3.63) is 60.2 Å². The topological polar surface area (TPSA) is 105 Å². The predicted molar refractivity (Wildman–Crippen MR) is 105 cm³/mol. The number of hydrogen-bond donors (Lipinski definition) is 1. The highest BCUT2D eigenvalue weighted by Gasteiger charge is 2.31. The fraction of sp³-hybridized carbons (Fsp3) is 0.200. The second-order valence-electron chi connectivity index (χ2n) is 6.26. The molecule has 1 aromatic heterocycles. The number of nitrogens with one attached hydrogen (secondary N) is 1. The second kappa shape index (κ2) is 9.37. The number of rotatable bonds is 7. The zero-order valence-corrected chi connectivity index (χ0v) is 16.8. The number of benzene rings is 2. The highest BCUT2D eigenvalue weighted by molar-refractivity contribution is 5.97. The Morgan fingerprint density at radius 2 is 1.88 bits per heavy atom. The SMILES string of the molecule is COc1ccc(C(=O)OCC(=O)Nc2cc(C(F)(F)F)ccc2-n2cncn2)c(OC)c1. The standard InChI is InChI=1S/C20H17F3N4O5/c1-30-13-4-5-14(17(8-13)31-2)19(29)32-9-18(28)26-15-7-12(20(21,22)23)3-6-16(15)27-11-24-10-25-27/h3-8,10-11H,9H2,1-2H3,(H,26,28). The molecule has 2 aromatic carbocycles. The molecule has 0 fully saturated rings. The molecule has 0 bridgehead atoms. The lowest BCUT2D eigenvalue weighted by Gasteiger charge is -2.15. The van der Waals surface area contributed by atoms with Crippen molar-refractivity contribution in [2.45, 2.75) is 6.18 Å². The first-order valence-electron chi connectivity index (χ1n) is 8.98. The minimum absolute atomic E-state index is 0.0449. The molecular weight excluding hydrogens is 433 g/mol. The van der Waals surface area contributed by atoms with Gasteiger partial charge in [0.15, 0.2) is 6.61 Å². The molecule has 32 heavy (non-hydrogen) atoms. The minimum Gasteiger partial charge on any atom is -0.497 e. The fourth-order valence-electron chi connectivity index (χ4n) is 2.71. The molecule has 0 radical (unpaired) electrons. The lowest BCUT2D eigenvalue weighted by Crippen LogP contribution is -2.22. The third-order valence-electron chi connectivity index (χ3n) is 4.23. The molecule has 3 rings (SSSR count). The van der Waals surface area contributed by atoms with Crippen LogP contribution in [0, 0.1) is 0 Å². The minimum atomic E-state index is -4.63. The number of halogens is 3. The maximum Gasteiger partial charge on any atom is 0.416 e. The van der Waals surface area contributed by atoms with Gasteiger partial charge in [0.1, 0.15) is 29.7 Å². The molecule has 9 nitrogen and oxygen atoms in total. The van der Waals surface area contributed by atoms with Gasteiger partial charge in [0.05, 0.1) is 31.2 Å². The Labute approximate surface area is 179 Å². The molecule has 1 heterocycles. The van der Waals surface area contributed by atoms with E-state index < -0.39 is 30.2 Å². The number of carbonyl (C=O) groups excluding carboxylic acids is 2. The Morgan fingerprint density at radius 1 is 1.09 bits per heavy atom. The largest absolute Gasteiger partial charge is 0.497 e. The molecule has 0 saturated heterocycles. The van der Waals surface area contributed by atoms with Crippen LogP contribution in [0.3, 0.4) is 0 Å². The normalized spacial score (nSPS) is 11.0. The van der Waals surface area contributed by atoms with Gasteiger partial charge in [-0.1, -0.05) is 0 Å². The van der Waals surface area contributed by atoms with Crippen molar-refractivity contribution in [1.82, 2.24) is 14.8 Å². The number of nitrogens with zero attached hydrogens (tertiary/aromatic N) is 3. The second-order valence-corrected chi connectivity index (χ2v) is 6.26. The molecule has 168 valence electrons. The third-order valence-corrected chi connectivity index (χ3v) is 4.23. The van der Waals surface area contributed by atoms with E-state index in [0.717, 1.165) is 18.2 Å². The molecule has 3 aromatic rings. The summed E-state index contributed by atoms with van der Waals surface area (Å²) in [5.74, 6) is -1.10. The van der Waals surface area contributed by atoms with E-state index in [0.29, 0.717) is 5.75 Å². The van der Waals surface area contributed by atoms with Crippen LogP contribution in [-0.4, -0.2) is 47.5 Å². The van der Waals surface area contributed by atoms with Gasteiger partial charge in [0.25, 0.3) is 5.91 Å². The molecule has 0 spiro atoms. The number of ether oxygens (including phenoxy) is 3. The summed E-state index contributed by atoms with van der Waals surface area (Å²) in [5.41, 5.74) is -0.972. The first-order valence-corrected chi connectivity index (χ1v) is 8.98. The number of aromatic nitrogens is 3. The highest BCUT2D eigenvalue weighted by Crippen LogP contribution is 2.33. The zero-order chi connectivity index (χ0) is 23.3. The van der Waals surface area contributed by atoms with Crippen molar-refractivity contribution < 1.29 is 37.0 Å². The number of carbonyl (C=O) groups is 2. The van der Waals surface area contributed by atoms with E-state index in [9.17, 15) is 22.8 Å². The first kappa shape index (κ1) is 22.6. The maximum absolute atomic E-state index is 13.1. The average Bonchev–Trinajstić information content (AvgIpc) is 3.31. The number of amides is 1. The summed E-state index contributed by atoms with van der Waals surface area (Å²) >= 11 is 0. The van der Waals surface area contributed by atoms with E-state index in [-0.39, 0.29) is 22.7 Å². The van der Waals surface area contributed by atoms with E-state index in [1.807, 2.05) is 0 Å². The van der Waals surface area contributed by atoms with Gasteiger partial charge in [-0.15, -0.1) is 0 Å². The number of alkyl halides is 3. The van der Waals surface area contributed by atoms with Crippen LogP contribution in [0.4, 0.5) is 18.9 Å². The van der Waals surface area contributed by atoms with Crippen LogP contribution >= 0.6 is 0 Å². The van der Waals surface area contributed by atoms with Crippen molar-refractivity contribution in [3.63, 3.8) is 0 Å². The van der Waals surface area contributed by atoms with Crippen molar-refractivity contribution in [2.24, 2.45) is 0 Å². The van der Waals surface area contributed by atoms with Crippen molar-refractivity contribution in [3.8, 4) is 17.2 Å². The molecule has 1 N–H and O–H groups in total. The molecule has 0 aliphatic carbocycles. The Bertz CT molecular complexity index is 1120.